The molecule has 0 bridgehead atoms. The van der Waals surface area contributed by atoms with Crippen LogP contribution in [0, 0.1) is 6.92 Å². The van der Waals surface area contributed by atoms with Crippen molar-refractivity contribution < 1.29 is 9.15 Å². The maximum Gasteiger partial charge on any atom is 0.142 e. The monoisotopic (exact) mass is 229 g/mol. The van der Waals surface area contributed by atoms with E-state index in [-0.39, 0.29) is 0 Å². The lowest BCUT2D eigenvalue weighted by atomic mass is 10.1. The van der Waals surface area contributed by atoms with Crippen molar-refractivity contribution >= 4 is 0 Å². The molecule has 2 aromatic rings. The first-order chi connectivity index (χ1) is 8.31. The van der Waals surface area contributed by atoms with Crippen LogP contribution in [0.5, 0.6) is 5.75 Å². The van der Waals surface area contributed by atoms with Crippen LogP contribution in [0.3, 0.4) is 0 Å². The summed E-state index contributed by atoms with van der Waals surface area (Å²) >= 11 is 0. The van der Waals surface area contributed by atoms with Crippen molar-refractivity contribution in [2.75, 3.05) is 6.73 Å². The summed E-state index contributed by atoms with van der Waals surface area (Å²) in [6, 6.07) is 10.2. The third-order valence-corrected chi connectivity index (χ3v) is 2.97. The van der Waals surface area contributed by atoms with Gasteiger partial charge in [0.05, 0.1) is 12.8 Å². The van der Waals surface area contributed by atoms with Gasteiger partial charge in [-0.15, -0.1) is 0 Å². The van der Waals surface area contributed by atoms with Gasteiger partial charge in [-0.3, -0.25) is 4.90 Å². The van der Waals surface area contributed by atoms with Crippen LogP contribution in [0.1, 0.15) is 16.9 Å². The molecule has 1 aliphatic heterocycles. The molecule has 0 atom stereocenters. The minimum absolute atomic E-state index is 0.622. The molecule has 0 amide bonds. The SMILES string of the molecule is Cc1ccc2c(c1)CN(Cc1ccco1)CO2. The van der Waals surface area contributed by atoms with Gasteiger partial charge in [-0.25, -0.2) is 0 Å². The van der Waals surface area contributed by atoms with Gasteiger partial charge in [-0.2, -0.15) is 0 Å². The van der Waals surface area contributed by atoms with E-state index in [9.17, 15) is 0 Å². The Hall–Kier alpha value is -1.74. The normalized spacial score (nSPS) is 15.4. The zero-order chi connectivity index (χ0) is 11.7. The molecule has 0 unspecified atom stereocenters. The molecule has 3 rings (SSSR count). The molecule has 3 heteroatoms. The Kier molecular flexibility index (Phi) is 2.61. The van der Waals surface area contributed by atoms with Crippen LogP contribution >= 0.6 is 0 Å². The highest BCUT2D eigenvalue weighted by atomic mass is 16.5. The van der Waals surface area contributed by atoms with Gasteiger partial charge in [0.15, 0.2) is 0 Å². The number of benzene rings is 1. The molecule has 17 heavy (non-hydrogen) atoms. The van der Waals surface area contributed by atoms with Crippen LogP contribution in [-0.2, 0) is 13.1 Å². The van der Waals surface area contributed by atoms with E-state index in [4.69, 9.17) is 9.15 Å². The van der Waals surface area contributed by atoms with E-state index in [1.54, 1.807) is 6.26 Å². The van der Waals surface area contributed by atoms with Crippen LogP contribution in [0.15, 0.2) is 41.0 Å². The van der Waals surface area contributed by atoms with Gasteiger partial charge in [0.25, 0.3) is 0 Å². The van der Waals surface area contributed by atoms with E-state index in [0.717, 1.165) is 24.6 Å². The third kappa shape index (κ3) is 2.19. The molecule has 1 aliphatic rings. The van der Waals surface area contributed by atoms with E-state index in [1.807, 2.05) is 12.1 Å². The molecular formula is C14H15NO2. The van der Waals surface area contributed by atoms with Crippen molar-refractivity contribution in [1.82, 2.24) is 4.90 Å². The Morgan fingerprint density at radius 2 is 2.24 bits per heavy atom. The van der Waals surface area contributed by atoms with E-state index < -0.39 is 0 Å². The Morgan fingerprint density at radius 1 is 1.29 bits per heavy atom. The van der Waals surface area contributed by atoms with Gasteiger partial charge in [0.1, 0.15) is 18.2 Å². The third-order valence-electron chi connectivity index (χ3n) is 2.97. The van der Waals surface area contributed by atoms with Crippen LogP contribution in [-0.4, -0.2) is 11.6 Å². The summed E-state index contributed by atoms with van der Waals surface area (Å²) in [7, 11) is 0. The largest absolute Gasteiger partial charge is 0.478 e. The van der Waals surface area contributed by atoms with Gasteiger partial charge in [0.2, 0.25) is 0 Å². The van der Waals surface area contributed by atoms with E-state index in [1.165, 1.54) is 11.1 Å². The van der Waals surface area contributed by atoms with E-state index in [2.05, 4.69) is 30.0 Å². The summed E-state index contributed by atoms with van der Waals surface area (Å²) < 4.78 is 11.1. The van der Waals surface area contributed by atoms with Crippen molar-refractivity contribution in [3.8, 4) is 5.75 Å². The number of hydrogen-bond acceptors (Lipinski definition) is 3. The van der Waals surface area contributed by atoms with Crippen LogP contribution in [0.25, 0.3) is 0 Å². The minimum atomic E-state index is 0.622. The highest BCUT2D eigenvalue weighted by Gasteiger charge is 2.17. The number of rotatable bonds is 2. The molecule has 88 valence electrons. The second-order valence-corrected chi connectivity index (χ2v) is 4.45. The first-order valence-electron chi connectivity index (χ1n) is 5.78. The lowest BCUT2D eigenvalue weighted by Crippen LogP contribution is -2.31. The summed E-state index contributed by atoms with van der Waals surface area (Å²) in [6.45, 7) is 4.43. The van der Waals surface area contributed by atoms with Crippen LogP contribution in [0.2, 0.25) is 0 Å². The highest BCUT2D eigenvalue weighted by molar-refractivity contribution is 5.37. The molecule has 0 N–H and O–H groups in total. The molecule has 0 fully saturated rings. The first-order valence-corrected chi connectivity index (χ1v) is 5.78. The molecule has 0 aliphatic carbocycles. The Bertz CT molecular complexity index is 505. The average Bonchev–Trinajstić information content (AvgIpc) is 2.81. The predicted molar refractivity (Wildman–Crippen MR) is 64.6 cm³/mol. The quantitative estimate of drug-likeness (QED) is 0.791. The summed E-state index contributed by atoms with van der Waals surface area (Å²) in [4.78, 5) is 2.22. The summed E-state index contributed by atoms with van der Waals surface area (Å²) in [5, 5.41) is 0. The molecule has 3 nitrogen and oxygen atoms in total. The van der Waals surface area contributed by atoms with Crippen molar-refractivity contribution in [2.45, 2.75) is 20.0 Å². The smallest absolute Gasteiger partial charge is 0.142 e. The Labute approximate surface area is 101 Å². The highest BCUT2D eigenvalue weighted by Crippen LogP contribution is 2.26. The van der Waals surface area contributed by atoms with E-state index in [0.29, 0.717) is 6.73 Å². The second-order valence-electron chi connectivity index (χ2n) is 4.45. The number of ether oxygens (including phenoxy) is 1. The lowest BCUT2D eigenvalue weighted by molar-refractivity contribution is 0.0823. The number of nitrogens with zero attached hydrogens (tertiary/aromatic N) is 1. The zero-order valence-corrected chi connectivity index (χ0v) is 9.85. The van der Waals surface area contributed by atoms with Gasteiger partial charge in [-0.05, 0) is 25.1 Å². The van der Waals surface area contributed by atoms with Crippen molar-refractivity contribution in [1.29, 1.82) is 0 Å². The maximum absolute atomic E-state index is 5.72. The van der Waals surface area contributed by atoms with Gasteiger partial charge < -0.3 is 9.15 Å². The standard InChI is InChI=1S/C14H15NO2/c1-11-4-5-14-12(7-11)8-15(10-17-14)9-13-3-2-6-16-13/h2-7H,8-10H2,1H3. The van der Waals surface area contributed by atoms with Crippen LogP contribution in [0.4, 0.5) is 0 Å². The number of fused-ring (bicyclic) bond motifs is 1. The molecule has 1 aromatic heterocycles. The van der Waals surface area contributed by atoms with Crippen molar-refractivity contribution in [3.63, 3.8) is 0 Å². The maximum atomic E-state index is 5.72. The van der Waals surface area contributed by atoms with Crippen molar-refractivity contribution in [3.05, 3.63) is 53.5 Å². The van der Waals surface area contributed by atoms with E-state index >= 15 is 0 Å². The van der Waals surface area contributed by atoms with Gasteiger partial charge >= 0.3 is 0 Å². The average molecular weight is 229 g/mol. The van der Waals surface area contributed by atoms with Crippen molar-refractivity contribution in [2.24, 2.45) is 0 Å². The topological polar surface area (TPSA) is 25.6 Å². The molecule has 0 spiro atoms. The van der Waals surface area contributed by atoms with Crippen LogP contribution < -0.4 is 4.74 Å². The van der Waals surface area contributed by atoms with Gasteiger partial charge in [0, 0.05) is 12.1 Å². The fraction of sp³-hybridized carbons (Fsp3) is 0.286. The number of furan rings is 1. The molecule has 1 aromatic carbocycles. The second kappa shape index (κ2) is 4.26. The Balaban J connectivity index is 1.76. The first kappa shape index (κ1) is 10.4. The molecular weight excluding hydrogens is 214 g/mol. The molecule has 0 saturated heterocycles. The molecule has 2 heterocycles. The fourth-order valence-electron chi connectivity index (χ4n) is 2.14. The fourth-order valence-corrected chi connectivity index (χ4v) is 2.14. The summed E-state index contributed by atoms with van der Waals surface area (Å²) in [5.74, 6) is 1.98. The summed E-state index contributed by atoms with van der Waals surface area (Å²) in [6.07, 6.45) is 1.71. The molecule has 0 saturated carbocycles. The number of hydrogen-bond donors (Lipinski definition) is 0. The van der Waals surface area contributed by atoms with Gasteiger partial charge in [-0.1, -0.05) is 17.7 Å². The zero-order valence-electron chi connectivity index (χ0n) is 9.85. The summed E-state index contributed by atoms with van der Waals surface area (Å²) in [5.41, 5.74) is 2.52. The predicted octanol–water partition coefficient (Wildman–Crippen LogP) is 2.94. The Morgan fingerprint density at radius 3 is 3.06 bits per heavy atom. The lowest BCUT2D eigenvalue weighted by Gasteiger charge is -2.28. The minimum Gasteiger partial charge on any atom is -0.478 e. The number of aryl methyl sites for hydroxylation is 1. The molecule has 0 radical (unpaired) electrons.